The van der Waals surface area contributed by atoms with E-state index in [1.54, 1.807) is 169 Å². The minimum absolute atomic E-state index is 0.0310. The first-order valence-electron chi connectivity index (χ1n) is 36.1. The van der Waals surface area contributed by atoms with Crippen LogP contribution in [-0.2, 0) is 66.7 Å². The Morgan fingerprint density at radius 1 is 0.355 bits per heavy atom. The highest BCUT2D eigenvalue weighted by Crippen LogP contribution is 2.12. The smallest absolute Gasteiger partial charge is 0.349 e. The van der Waals surface area contributed by atoms with Crippen molar-refractivity contribution in [2.45, 2.75) is 185 Å². The highest BCUT2D eigenvalue weighted by molar-refractivity contribution is 5.96. The summed E-state index contributed by atoms with van der Waals surface area (Å²) in [6.07, 6.45) is 38.9. The summed E-state index contributed by atoms with van der Waals surface area (Å²) in [5.74, 6) is -4.36. The maximum atomic E-state index is 11.8. The summed E-state index contributed by atoms with van der Waals surface area (Å²) in [7, 11) is 7.52. The molecule has 1 atom stereocenters. The van der Waals surface area contributed by atoms with Gasteiger partial charge in [0.05, 0.1) is 42.7 Å². The minimum Gasteiger partial charge on any atom is -0.459 e. The monoisotopic (exact) mass is 1520 g/mol. The molecular formula is C82H114N14O14. The molecule has 1 rings (SSSR count). The second kappa shape index (κ2) is 63.9. The molecule has 1 fully saturated rings. The zero-order valence-corrected chi connectivity index (χ0v) is 67.4. The predicted octanol–water partition coefficient (Wildman–Crippen LogP) is 11.3. The van der Waals surface area contributed by atoms with Crippen molar-refractivity contribution < 1.29 is 66.7 Å². The Kier molecular flexibility index (Phi) is 59.2. The van der Waals surface area contributed by atoms with E-state index in [1.165, 1.54) is 55.4 Å². The SMILES string of the molecule is CC(C)OC(=O)/C(C#N)=C/C=C/N(C)CCCN(C)/C=C/C=C(\C#N)C(=O)OC(C)C.CC(C)OC(=O)/C(C#N)=C/C=C/N1CCN(/C=C/C=C(\C#N)C(=O)OC(C)C)CC1.CC(C)OC(=O)/C(C#N)=C/C=C/NCCCN/C=C/C=C(\C#N)C(=O)OC(C)C.CCCCCCC(C)OC(=O)/C(C#N)=C/C=C/N(C)C. The van der Waals surface area contributed by atoms with E-state index in [1.807, 2.05) is 92.6 Å². The average molecular weight is 1520 g/mol. The molecule has 1 aliphatic heterocycles. The Hall–Kier alpha value is -12.3. The Morgan fingerprint density at radius 2 is 0.618 bits per heavy atom. The molecule has 1 saturated heterocycles. The molecule has 28 nitrogen and oxygen atoms in total. The summed E-state index contributed by atoms with van der Waals surface area (Å²) in [5.41, 5.74) is -0.287. The van der Waals surface area contributed by atoms with Crippen molar-refractivity contribution in [2.75, 3.05) is 80.5 Å². The van der Waals surface area contributed by atoms with Crippen LogP contribution in [0.2, 0.25) is 0 Å². The number of ether oxygens (including phenoxy) is 7. The number of nitrogens with one attached hydrogen (secondary N) is 2. The molecule has 28 heteroatoms. The normalized spacial score (nSPS) is 13.3. The maximum absolute atomic E-state index is 11.8. The van der Waals surface area contributed by atoms with Gasteiger partial charge in [-0.1, -0.05) is 26.2 Å². The van der Waals surface area contributed by atoms with E-state index in [2.05, 4.69) is 27.4 Å². The molecule has 0 aromatic rings. The highest BCUT2D eigenvalue weighted by Gasteiger charge is 2.18. The number of esters is 7. The van der Waals surface area contributed by atoms with Gasteiger partial charge < -0.3 is 68.3 Å². The van der Waals surface area contributed by atoms with Crippen molar-refractivity contribution >= 4 is 41.8 Å². The topological polar surface area (TPSA) is 391 Å². The molecule has 2 N–H and O–H groups in total. The molecule has 110 heavy (non-hydrogen) atoms. The number of carbonyl (C=O) groups is 7. The van der Waals surface area contributed by atoms with Crippen LogP contribution < -0.4 is 10.6 Å². The van der Waals surface area contributed by atoms with E-state index in [9.17, 15) is 33.6 Å². The number of nitriles is 7. The van der Waals surface area contributed by atoms with E-state index in [0.717, 1.165) is 71.4 Å². The number of piperazine rings is 1. The van der Waals surface area contributed by atoms with Crippen LogP contribution in [0.3, 0.4) is 0 Å². The first-order chi connectivity index (χ1) is 52.2. The van der Waals surface area contributed by atoms with Crippen LogP contribution in [0.25, 0.3) is 0 Å². The minimum atomic E-state index is -0.644. The summed E-state index contributed by atoms with van der Waals surface area (Å²) in [6, 6.07) is 12.8. The lowest BCUT2D eigenvalue weighted by Gasteiger charge is -2.33. The van der Waals surface area contributed by atoms with Crippen molar-refractivity contribution in [3.8, 4) is 42.5 Å². The molecule has 1 aliphatic rings. The van der Waals surface area contributed by atoms with Gasteiger partial charge >= 0.3 is 41.8 Å². The zero-order chi connectivity index (χ0) is 83.8. The number of nitrogens with zero attached hydrogens (tertiary/aromatic N) is 12. The third-order valence-electron chi connectivity index (χ3n) is 13.2. The van der Waals surface area contributed by atoms with Crippen molar-refractivity contribution in [3.63, 3.8) is 0 Å². The third-order valence-corrected chi connectivity index (χ3v) is 13.2. The Balaban J connectivity index is -0.00000140. The second-order valence-corrected chi connectivity index (χ2v) is 25.7. The number of rotatable bonds is 41. The van der Waals surface area contributed by atoms with Crippen LogP contribution in [0.15, 0.2) is 167 Å². The summed E-state index contributed by atoms with van der Waals surface area (Å²) in [5, 5.41) is 69.1. The summed E-state index contributed by atoms with van der Waals surface area (Å²) in [4.78, 5) is 91.7. The van der Waals surface area contributed by atoms with Crippen molar-refractivity contribution in [1.82, 2.24) is 35.1 Å². The van der Waals surface area contributed by atoms with Crippen LogP contribution in [0, 0.1) is 79.3 Å². The molecule has 0 aliphatic carbocycles. The molecule has 1 heterocycles. The summed E-state index contributed by atoms with van der Waals surface area (Å²) < 4.78 is 35.2. The van der Waals surface area contributed by atoms with Crippen LogP contribution in [0.5, 0.6) is 0 Å². The summed E-state index contributed by atoms with van der Waals surface area (Å²) in [6.45, 7) is 30.5. The Morgan fingerprint density at radius 3 is 0.882 bits per heavy atom. The van der Waals surface area contributed by atoms with Gasteiger partial charge in [0.15, 0.2) is 0 Å². The quantitative estimate of drug-likeness (QED) is 0.0143. The number of allylic oxidation sites excluding steroid dienone is 14. The first-order valence-corrected chi connectivity index (χ1v) is 36.1. The van der Waals surface area contributed by atoms with E-state index in [4.69, 9.17) is 70.0 Å². The van der Waals surface area contributed by atoms with Gasteiger partial charge in [-0.2, -0.15) is 36.8 Å². The Labute approximate surface area is 652 Å². The van der Waals surface area contributed by atoms with Gasteiger partial charge in [-0.15, -0.1) is 0 Å². The molecule has 0 aromatic carbocycles. The largest absolute Gasteiger partial charge is 0.459 e. The number of hydrogen-bond acceptors (Lipinski definition) is 28. The predicted molar refractivity (Wildman–Crippen MR) is 419 cm³/mol. The molecule has 0 aromatic heterocycles. The van der Waals surface area contributed by atoms with Gasteiger partial charge in [0.1, 0.15) is 81.5 Å². The maximum Gasteiger partial charge on any atom is 0.349 e. The number of hydrogen-bond donors (Lipinski definition) is 2. The fourth-order valence-electron chi connectivity index (χ4n) is 7.93. The summed E-state index contributed by atoms with van der Waals surface area (Å²) >= 11 is 0. The lowest BCUT2D eigenvalue weighted by Crippen LogP contribution is -2.41. The van der Waals surface area contributed by atoms with Gasteiger partial charge in [-0.25, -0.2) is 33.6 Å². The van der Waals surface area contributed by atoms with Gasteiger partial charge in [0, 0.05) is 80.5 Å². The standard InChI is InChI=1S/C23H32N4O4.C22H28N4O4.C21H28N4O4.C16H26N2O2/c1-18(2)30-22(28)20(16-24)10-7-12-26(5)14-9-15-27(6)13-8-11-21(17-25)23(29)31-19(3)4;1-17(2)29-21(27)19(15-23)7-5-9-25-11-13-26(14-12-25)10-6-8-20(16-24)22(28)30-18(3)4;1-16(2)28-20(26)18(14-22)8-5-10-24-12-7-13-25-11-6-9-19(15-23)21(27)29-17(3)4;1-5-6-7-8-10-14(2)20-16(19)15(13-17)11-9-12-18(3)4/h7-8,10-13,18-19H,9,14-15H2,1-6H3;5-10,17-18H,11-14H2,1-4H3;5-6,8-11,16-17,24-25H,7,12-13H2,1-4H3;9,11-12,14H,5-8,10H2,1-4H3/b12-7+,13-8+,20-10+,21-11+;9-5+,10-6+,19-7+,20-8+;10-5+,11-6+,18-8+,19-9+;12-9+,15-11+. The van der Waals surface area contributed by atoms with E-state index in [-0.39, 0.29) is 81.7 Å². The number of carbonyl (C=O) groups excluding carboxylic acids is 7. The fraction of sp³-hybridized carbons (Fsp3) is 0.488. The number of unbranched alkanes of at least 4 members (excludes halogenated alkanes) is 3. The van der Waals surface area contributed by atoms with Gasteiger partial charge in [-0.05, 0) is 244 Å². The van der Waals surface area contributed by atoms with Gasteiger partial charge in [-0.3, -0.25) is 0 Å². The molecule has 596 valence electrons. The van der Waals surface area contributed by atoms with Crippen molar-refractivity contribution in [2.24, 2.45) is 0 Å². The van der Waals surface area contributed by atoms with E-state index < -0.39 is 41.8 Å². The van der Waals surface area contributed by atoms with Crippen molar-refractivity contribution in [3.05, 3.63) is 167 Å². The first kappa shape index (κ1) is 102. The van der Waals surface area contributed by atoms with E-state index >= 15 is 0 Å². The van der Waals surface area contributed by atoms with Crippen LogP contribution in [0.4, 0.5) is 0 Å². The second-order valence-electron chi connectivity index (χ2n) is 25.7. The molecule has 0 radical (unpaired) electrons. The van der Waals surface area contributed by atoms with Crippen LogP contribution in [-0.4, -0.2) is 190 Å². The van der Waals surface area contributed by atoms with Gasteiger partial charge in [0.25, 0.3) is 0 Å². The average Bonchev–Trinajstić information content (AvgIpc) is 0.912. The lowest BCUT2D eigenvalue weighted by molar-refractivity contribution is -0.144. The molecule has 0 bridgehead atoms. The zero-order valence-electron chi connectivity index (χ0n) is 67.4. The molecule has 0 amide bonds. The highest BCUT2D eigenvalue weighted by atomic mass is 16.6. The Bertz CT molecular complexity index is 3440. The third kappa shape index (κ3) is 56.1. The fourth-order valence-corrected chi connectivity index (χ4v) is 7.93. The molecule has 0 spiro atoms. The molecular weight excluding hydrogens is 1400 g/mol. The molecule has 1 unspecified atom stereocenters. The molecule has 0 saturated carbocycles. The van der Waals surface area contributed by atoms with Crippen LogP contribution >= 0.6 is 0 Å². The van der Waals surface area contributed by atoms with E-state index in [0.29, 0.717) is 13.1 Å². The van der Waals surface area contributed by atoms with Crippen molar-refractivity contribution in [1.29, 1.82) is 36.8 Å². The van der Waals surface area contributed by atoms with Gasteiger partial charge in [0.2, 0.25) is 0 Å². The lowest BCUT2D eigenvalue weighted by atomic mass is 10.1. The van der Waals surface area contributed by atoms with Crippen LogP contribution in [0.1, 0.15) is 142 Å².